The lowest BCUT2D eigenvalue weighted by atomic mass is 10.2. The summed E-state index contributed by atoms with van der Waals surface area (Å²) in [6.45, 7) is 5.00. The van der Waals surface area contributed by atoms with Crippen LogP contribution in [0.25, 0.3) is 11.4 Å². The van der Waals surface area contributed by atoms with E-state index >= 15 is 0 Å². The molecular weight excluding hydrogens is 484 g/mol. The monoisotopic (exact) mass is 505 g/mol. The van der Waals surface area contributed by atoms with E-state index in [1.54, 1.807) is 18.2 Å². The second kappa shape index (κ2) is 11.5. The summed E-state index contributed by atoms with van der Waals surface area (Å²) in [6.07, 6.45) is 0.163. The number of aromatic nitrogens is 3. The quantitative estimate of drug-likeness (QED) is 0.329. The van der Waals surface area contributed by atoms with Crippen molar-refractivity contribution in [1.82, 2.24) is 14.8 Å². The Morgan fingerprint density at radius 3 is 2.58 bits per heavy atom. The molecule has 172 valence electrons. The van der Waals surface area contributed by atoms with E-state index in [-0.39, 0.29) is 24.6 Å². The van der Waals surface area contributed by atoms with Crippen LogP contribution in [0.4, 0.5) is 10.1 Å². The number of nitrogens with zero attached hydrogens (tertiary/aromatic N) is 5. The van der Waals surface area contributed by atoms with Crippen molar-refractivity contribution in [3.8, 4) is 17.5 Å². The van der Waals surface area contributed by atoms with E-state index in [2.05, 4.69) is 24.0 Å². The number of nitriles is 1. The number of anilines is 1. The van der Waals surface area contributed by atoms with Crippen LogP contribution in [0, 0.1) is 23.1 Å². The number of hydrogen-bond donors (Lipinski definition) is 0. The molecule has 0 aliphatic rings. The van der Waals surface area contributed by atoms with Crippen LogP contribution >= 0.6 is 35.0 Å². The molecule has 1 aromatic heterocycles. The molecule has 6 nitrogen and oxygen atoms in total. The third-order valence-corrected chi connectivity index (χ3v) is 6.15. The van der Waals surface area contributed by atoms with Crippen LogP contribution in [0.5, 0.6) is 0 Å². The van der Waals surface area contributed by atoms with Crippen molar-refractivity contribution in [3.63, 3.8) is 0 Å². The average Bonchev–Trinajstić information content (AvgIpc) is 3.15. The van der Waals surface area contributed by atoms with Gasteiger partial charge in [0.15, 0.2) is 11.0 Å². The Balaban J connectivity index is 1.84. The molecule has 0 bridgehead atoms. The van der Waals surface area contributed by atoms with Gasteiger partial charge in [-0.1, -0.05) is 48.8 Å². The van der Waals surface area contributed by atoms with Gasteiger partial charge in [0.05, 0.1) is 23.3 Å². The summed E-state index contributed by atoms with van der Waals surface area (Å²) in [5.74, 6) is 0.364. The van der Waals surface area contributed by atoms with Gasteiger partial charge in [0.1, 0.15) is 5.82 Å². The first-order valence-electron chi connectivity index (χ1n) is 10.2. The number of hydrogen-bond acceptors (Lipinski definition) is 5. The van der Waals surface area contributed by atoms with Gasteiger partial charge in [-0.05, 0) is 48.4 Å². The fraction of sp³-hybridized carbons (Fsp3) is 0.304. The van der Waals surface area contributed by atoms with E-state index in [0.717, 1.165) is 0 Å². The first-order chi connectivity index (χ1) is 15.8. The molecule has 0 fully saturated rings. The summed E-state index contributed by atoms with van der Waals surface area (Å²) in [7, 11) is 0. The van der Waals surface area contributed by atoms with Gasteiger partial charge in [0.2, 0.25) is 5.91 Å². The molecular formula is C23H22Cl2FN5OS. The minimum absolute atomic E-state index is 0.0768. The van der Waals surface area contributed by atoms with Gasteiger partial charge >= 0.3 is 0 Å². The zero-order valence-electron chi connectivity index (χ0n) is 18.1. The first kappa shape index (κ1) is 25.0. The van der Waals surface area contributed by atoms with Gasteiger partial charge in [-0.25, -0.2) is 4.39 Å². The molecule has 0 atom stereocenters. The second-order valence-electron chi connectivity index (χ2n) is 7.65. The number of rotatable bonds is 9. The average molecular weight is 506 g/mol. The molecule has 0 N–H and O–H groups in total. The Morgan fingerprint density at radius 1 is 1.21 bits per heavy atom. The van der Waals surface area contributed by atoms with Crippen LogP contribution in [0.3, 0.4) is 0 Å². The predicted molar refractivity (Wildman–Crippen MR) is 130 cm³/mol. The minimum atomic E-state index is -0.393. The maximum absolute atomic E-state index is 13.3. The molecule has 3 aromatic rings. The van der Waals surface area contributed by atoms with E-state index in [4.69, 9.17) is 28.5 Å². The molecule has 0 saturated heterocycles. The molecule has 0 spiro atoms. The van der Waals surface area contributed by atoms with Crippen molar-refractivity contribution in [2.45, 2.75) is 32.0 Å². The van der Waals surface area contributed by atoms with Crippen molar-refractivity contribution < 1.29 is 9.18 Å². The molecule has 1 heterocycles. The molecule has 33 heavy (non-hydrogen) atoms. The number of halogens is 3. The van der Waals surface area contributed by atoms with Crippen molar-refractivity contribution >= 4 is 46.6 Å². The van der Waals surface area contributed by atoms with Crippen LogP contribution in [0.2, 0.25) is 10.0 Å². The summed E-state index contributed by atoms with van der Waals surface area (Å²) >= 11 is 13.7. The van der Waals surface area contributed by atoms with Gasteiger partial charge in [-0.3, -0.25) is 4.79 Å². The van der Waals surface area contributed by atoms with Crippen LogP contribution in [0.1, 0.15) is 20.3 Å². The van der Waals surface area contributed by atoms with E-state index in [1.807, 2.05) is 10.6 Å². The Morgan fingerprint density at radius 2 is 1.94 bits per heavy atom. The minimum Gasteiger partial charge on any atom is -0.311 e. The van der Waals surface area contributed by atoms with E-state index < -0.39 is 5.82 Å². The smallest absolute Gasteiger partial charge is 0.237 e. The van der Waals surface area contributed by atoms with Crippen LogP contribution in [0.15, 0.2) is 47.6 Å². The van der Waals surface area contributed by atoms with Gasteiger partial charge in [0.25, 0.3) is 0 Å². The molecule has 3 rings (SSSR count). The Bertz CT molecular complexity index is 1160. The van der Waals surface area contributed by atoms with E-state index in [9.17, 15) is 9.18 Å². The maximum Gasteiger partial charge on any atom is 0.237 e. The second-order valence-corrected chi connectivity index (χ2v) is 9.44. The lowest BCUT2D eigenvalue weighted by molar-refractivity contribution is -0.116. The molecule has 0 radical (unpaired) electrons. The number of carbonyl (C=O) groups is 1. The highest BCUT2D eigenvalue weighted by molar-refractivity contribution is 7.99. The van der Waals surface area contributed by atoms with Crippen LogP contribution < -0.4 is 4.90 Å². The lowest BCUT2D eigenvalue weighted by Gasteiger charge is -2.21. The number of benzene rings is 2. The Hall–Kier alpha value is -2.60. The van der Waals surface area contributed by atoms with Gasteiger partial charge < -0.3 is 9.47 Å². The highest BCUT2D eigenvalue weighted by atomic mass is 35.5. The Kier molecular flexibility index (Phi) is 8.73. The normalized spacial score (nSPS) is 10.9. The number of thioether (sulfide) groups is 1. The zero-order chi connectivity index (χ0) is 24.0. The topological polar surface area (TPSA) is 74.8 Å². The highest BCUT2D eigenvalue weighted by Crippen LogP contribution is 2.32. The molecule has 0 saturated carbocycles. The summed E-state index contributed by atoms with van der Waals surface area (Å²) in [5, 5.41) is 19.2. The molecule has 1 amide bonds. The fourth-order valence-corrected chi connectivity index (χ4v) is 4.50. The van der Waals surface area contributed by atoms with Gasteiger partial charge in [-0.15, -0.1) is 10.2 Å². The zero-order valence-corrected chi connectivity index (χ0v) is 20.5. The molecule has 0 unspecified atom stereocenters. The summed E-state index contributed by atoms with van der Waals surface area (Å²) < 4.78 is 15.3. The van der Waals surface area contributed by atoms with E-state index in [1.165, 1.54) is 40.9 Å². The van der Waals surface area contributed by atoms with Crippen molar-refractivity contribution in [2.24, 2.45) is 5.92 Å². The SMILES string of the molecule is CC(C)Cn1c(SCC(=O)N(CCC#N)c2ccc(F)cc2)nnc1-c1ccc(Cl)cc1Cl. The van der Waals surface area contributed by atoms with E-state index in [0.29, 0.717) is 44.7 Å². The summed E-state index contributed by atoms with van der Waals surface area (Å²) in [6, 6.07) is 12.9. The van der Waals surface area contributed by atoms with Crippen LogP contribution in [-0.2, 0) is 11.3 Å². The predicted octanol–water partition coefficient (Wildman–Crippen LogP) is 6.09. The highest BCUT2D eigenvalue weighted by Gasteiger charge is 2.21. The number of amides is 1. The van der Waals surface area contributed by atoms with Crippen molar-refractivity contribution in [3.05, 3.63) is 58.3 Å². The fourth-order valence-electron chi connectivity index (χ4n) is 3.18. The third kappa shape index (κ3) is 6.47. The Labute approximate surface area is 206 Å². The largest absolute Gasteiger partial charge is 0.311 e. The van der Waals surface area contributed by atoms with Crippen molar-refractivity contribution in [1.29, 1.82) is 5.26 Å². The number of carbonyl (C=O) groups excluding carboxylic acids is 1. The third-order valence-electron chi connectivity index (χ3n) is 4.65. The molecule has 0 aliphatic heterocycles. The maximum atomic E-state index is 13.3. The molecule has 10 heteroatoms. The van der Waals surface area contributed by atoms with Gasteiger partial charge in [-0.2, -0.15) is 5.26 Å². The van der Waals surface area contributed by atoms with Gasteiger partial charge in [0, 0.05) is 29.4 Å². The molecule has 0 aliphatic carbocycles. The standard InChI is InChI=1S/C23H22Cl2FN5OS/c1-15(2)13-31-22(19-9-4-16(24)12-20(19)25)28-29-23(31)33-14-21(32)30(11-3-10-27)18-7-5-17(26)6-8-18/h4-9,12,15H,3,11,13-14H2,1-2H3. The summed E-state index contributed by atoms with van der Waals surface area (Å²) in [5.41, 5.74) is 1.24. The van der Waals surface area contributed by atoms with Crippen molar-refractivity contribution in [2.75, 3.05) is 17.2 Å². The lowest BCUT2D eigenvalue weighted by Crippen LogP contribution is -2.33. The first-order valence-corrected chi connectivity index (χ1v) is 12.0. The molecule has 2 aromatic carbocycles. The summed E-state index contributed by atoms with van der Waals surface area (Å²) in [4.78, 5) is 14.5. The van der Waals surface area contributed by atoms with Crippen LogP contribution in [-0.4, -0.2) is 33.0 Å².